The SMILES string of the molecule is CCC1CCCCN1C(=O)c1nnc(-c2cccc(OC)c2)o1. The van der Waals surface area contributed by atoms with Gasteiger partial charge in [0.25, 0.3) is 0 Å². The Balaban J connectivity index is 1.81. The molecule has 1 aliphatic heterocycles. The Morgan fingerprint density at radius 2 is 2.26 bits per heavy atom. The van der Waals surface area contributed by atoms with E-state index in [2.05, 4.69) is 17.1 Å². The maximum absolute atomic E-state index is 12.6. The van der Waals surface area contributed by atoms with E-state index < -0.39 is 0 Å². The molecule has 3 rings (SSSR count). The van der Waals surface area contributed by atoms with Crippen LogP contribution in [0.2, 0.25) is 0 Å². The molecule has 23 heavy (non-hydrogen) atoms. The van der Waals surface area contributed by atoms with E-state index in [4.69, 9.17) is 9.15 Å². The number of piperidine rings is 1. The summed E-state index contributed by atoms with van der Waals surface area (Å²) in [6.45, 7) is 2.86. The summed E-state index contributed by atoms with van der Waals surface area (Å²) >= 11 is 0. The molecule has 1 aromatic heterocycles. The number of methoxy groups -OCH3 is 1. The lowest BCUT2D eigenvalue weighted by Gasteiger charge is -2.34. The molecule has 0 N–H and O–H groups in total. The van der Waals surface area contributed by atoms with Gasteiger partial charge in [0.1, 0.15) is 5.75 Å². The van der Waals surface area contributed by atoms with Crippen LogP contribution in [0.5, 0.6) is 5.75 Å². The van der Waals surface area contributed by atoms with E-state index in [-0.39, 0.29) is 17.8 Å². The number of amides is 1. The molecule has 6 nitrogen and oxygen atoms in total. The lowest BCUT2D eigenvalue weighted by atomic mass is 10.00. The third-order valence-corrected chi connectivity index (χ3v) is 4.28. The number of aromatic nitrogens is 2. The van der Waals surface area contributed by atoms with Crippen LogP contribution >= 0.6 is 0 Å². The van der Waals surface area contributed by atoms with Gasteiger partial charge in [-0.3, -0.25) is 4.79 Å². The molecule has 2 heterocycles. The Bertz CT molecular complexity index is 683. The normalized spacial score (nSPS) is 18.0. The molecule has 1 amide bonds. The van der Waals surface area contributed by atoms with Crippen molar-refractivity contribution in [1.82, 2.24) is 15.1 Å². The van der Waals surface area contributed by atoms with Gasteiger partial charge in [0.2, 0.25) is 5.89 Å². The van der Waals surface area contributed by atoms with Gasteiger partial charge in [0.15, 0.2) is 0 Å². The van der Waals surface area contributed by atoms with Gasteiger partial charge < -0.3 is 14.1 Å². The molecule has 0 spiro atoms. The van der Waals surface area contributed by atoms with Crippen LogP contribution in [0.4, 0.5) is 0 Å². The van der Waals surface area contributed by atoms with Gasteiger partial charge in [0, 0.05) is 18.2 Å². The fourth-order valence-corrected chi connectivity index (χ4v) is 3.00. The zero-order valence-electron chi connectivity index (χ0n) is 13.5. The first-order valence-electron chi connectivity index (χ1n) is 8.01. The second kappa shape index (κ2) is 6.81. The average Bonchev–Trinajstić information content (AvgIpc) is 3.11. The minimum absolute atomic E-state index is 0.0585. The first-order chi connectivity index (χ1) is 11.2. The van der Waals surface area contributed by atoms with Crippen LogP contribution in [0, 0.1) is 0 Å². The van der Waals surface area contributed by atoms with Crippen LogP contribution in [-0.4, -0.2) is 40.7 Å². The van der Waals surface area contributed by atoms with E-state index in [1.165, 1.54) is 6.42 Å². The van der Waals surface area contributed by atoms with Gasteiger partial charge in [-0.15, -0.1) is 10.2 Å². The van der Waals surface area contributed by atoms with Gasteiger partial charge in [-0.25, -0.2) is 0 Å². The fourth-order valence-electron chi connectivity index (χ4n) is 3.00. The molecule has 1 aliphatic rings. The fraction of sp³-hybridized carbons (Fsp3) is 0.471. The van der Waals surface area contributed by atoms with Gasteiger partial charge >= 0.3 is 11.8 Å². The predicted molar refractivity (Wildman–Crippen MR) is 85.3 cm³/mol. The summed E-state index contributed by atoms with van der Waals surface area (Å²) in [5.41, 5.74) is 0.738. The summed E-state index contributed by atoms with van der Waals surface area (Å²) in [4.78, 5) is 14.5. The maximum atomic E-state index is 12.6. The zero-order chi connectivity index (χ0) is 16.2. The number of hydrogen-bond donors (Lipinski definition) is 0. The Morgan fingerprint density at radius 3 is 3.04 bits per heavy atom. The van der Waals surface area contributed by atoms with Crippen molar-refractivity contribution in [2.75, 3.05) is 13.7 Å². The molecule has 1 saturated heterocycles. The van der Waals surface area contributed by atoms with Gasteiger partial charge in [0.05, 0.1) is 7.11 Å². The number of benzene rings is 1. The smallest absolute Gasteiger partial charge is 0.311 e. The van der Waals surface area contributed by atoms with Crippen molar-refractivity contribution < 1.29 is 13.9 Å². The highest BCUT2D eigenvalue weighted by Gasteiger charge is 2.29. The van der Waals surface area contributed by atoms with E-state index in [9.17, 15) is 4.79 Å². The molecule has 2 aromatic rings. The molecule has 0 radical (unpaired) electrons. The number of nitrogens with zero attached hydrogens (tertiary/aromatic N) is 3. The summed E-state index contributed by atoms with van der Waals surface area (Å²) in [6, 6.07) is 7.60. The topological polar surface area (TPSA) is 68.5 Å². The lowest BCUT2D eigenvalue weighted by molar-refractivity contribution is 0.0568. The molecule has 122 valence electrons. The molecule has 0 aliphatic carbocycles. The molecule has 6 heteroatoms. The Morgan fingerprint density at radius 1 is 1.39 bits per heavy atom. The molecule has 0 bridgehead atoms. The van der Waals surface area contributed by atoms with E-state index in [1.807, 2.05) is 23.1 Å². The standard InChI is InChI=1S/C17H21N3O3/c1-3-13-8-4-5-10-20(13)17(21)16-19-18-15(23-16)12-7-6-9-14(11-12)22-2/h6-7,9,11,13H,3-5,8,10H2,1-2H3. The molecule has 1 atom stereocenters. The van der Waals surface area contributed by atoms with Crippen molar-refractivity contribution in [3.63, 3.8) is 0 Å². The average molecular weight is 315 g/mol. The van der Waals surface area contributed by atoms with Crippen LogP contribution < -0.4 is 4.74 Å². The first kappa shape index (κ1) is 15.5. The minimum atomic E-state index is -0.168. The Hall–Kier alpha value is -2.37. The second-order valence-electron chi connectivity index (χ2n) is 5.70. The molecule has 1 fully saturated rings. The highest BCUT2D eigenvalue weighted by molar-refractivity contribution is 5.90. The van der Waals surface area contributed by atoms with Gasteiger partial charge in [-0.2, -0.15) is 0 Å². The van der Waals surface area contributed by atoms with Crippen molar-refractivity contribution in [3.8, 4) is 17.2 Å². The number of hydrogen-bond acceptors (Lipinski definition) is 5. The predicted octanol–water partition coefficient (Wildman–Crippen LogP) is 3.15. The van der Waals surface area contributed by atoms with Gasteiger partial charge in [-0.05, 0) is 43.9 Å². The van der Waals surface area contributed by atoms with Crippen LogP contribution in [0.15, 0.2) is 28.7 Å². The van der Waals surface area contributed by atoms with Crippen LogP contribution in [0.25, 0.3) is 11.5 Å². The molecular weight excluding hydrogens is 294 g/mol. The second-order valence-corrected chi connectivity index (χ2v) is 5.70. The lowest BCUT2D eigenvalue weighted by Crippen LogP contribution is -2.43. The molecular formula is C17H21N3O3. The first-order valence-corrected chi connectivity index (χ1v) is 8.01. The van der Waals surface area contributed by atoms with Gasteiger partial charge in [-0.1, -0.05) is 13.0 Å². The van der Waals surface area contributed by atoms with Crippen molar-refractivity contribution in [2.24, 2.45) is 0 Å². The summed E-state index contributed by atoms with van der Waals surface area (Å²) in [5.74, 6) is 0.925. The number of carbonyl (C=O) groups excluding carboxylic acids is 1. The van der Waals surface area contributed by atoms with Crippen molar-refractivity contribution >= 4 is 5.91 Å². The van der Waals surface area contributed by atoms with Crippen LogP contribution in [0.3, 0.4) is 0 Å². The third-order valence-electron chi connectivity index (χ3n) is 4.28. The summed E-state index contributed by atoms with van der Waals surface area (Å²) in [7, 11) is 1.60. The zero-order valence-corrected chi connectivity index (χ0v) is 13.5. The van der Waals surface area contributed by atoms with Crippen LogP contribution in [0.1, 0.15) is 43.3 Å². The quantitative estimate of drug-likeness (QED) is 0.867. The highest BCUT2D eigenvalue weighted by Crippen LogP contribution is 2.25. The number of likely N-dealkylation sites (tertiary alicyclic amines) is 1. The number of carbonyl (C=O) groups is 1. The largest absolute Gasteiger partial charge is 0.497 e. The van der Waals surface area contributed by atoms with Crippen molar-refractivity contribution in [3.05, 3.63) is 30.2 Å². The molecule has 1 unspecified atom stereocenters. The van der Waals surface area contributed by atoms with E-state index in [0.29, 0.717) is 11.6 Å². The Labute approximate surface area is 135 Å². The third kappa shape index (κ3) is 3.21. The highest BCUT2D eigenvalue weighted by atomic mass is 16.5. The van der Waals surface area contributed by atoms with Crippen molar-refractivity contribution in [2.45, 2.75) is 38.6 Å². The number of ether oxygens (including phenoxy) is 1. The minimum Gasteiger partial charge on any atom is -0.497 e. The molecule has 0 saturated carbocycles. The van der Waals surface area contributed by atoms with E-state index in [0.717, 1.165) is 31.4 Å². The summed E-state index contributed by atoms with van der Waals surface area (Å²) in [6.07, 6.45) is 4.18. The number of rotatable bonds is 4. The molecule has 1 aromatic carbocycles. The van der Waals surface area contributed by atoms with E-state index in [1.54, 1.807) is 13.2 Å². The monoisotopic (exact) mass is 315 g/mol. The van der Waals surface area contributed by atoms with Crippen LogP contribution in [-0.2, 0) is 0 Å². The maximum Gasteiger partial charge on any atom is 0.311 e. The Kier molecular flexibility index (Phi) is 4.60. The summed E-state index contributed by atoms with van der Waals surface area (Å²) < 4.78 is 10.8. The summed E-state index contributed by atoms with van der Waals surface area (Å²) in [5, 5.41) is 7.95. The van der Waals surface area contributed by atoms with E-state index >= 15 is 0 Å². The van der Waals surface area contributed by atoms with Crippen molar-refractivity contribution in [1.29, 1.82) is 0 Å².